The SMILES string of the molecule is CCC(N)(CC)C1CC(N2C(=O)C(O)(c3ccc(Cl)cc3Cl)c3c2cc(C(N)=O)cc3C(F)(F)F)C1. The molecular formula is C25H26Cl2F3N3O3. The summed E-state index contributed by atoms with van der Waals surface area (Å²) >= 11 is 12.2. The number of benzene rings is 2. The molecule has 0 spiro atoms. The Labute approximate surface area is 216 Å². The first-order chi connectivity index (χ1) is 16.7. The average molecular weight is 544 g/mol. The standard InChI is InChI=1S/C25H26Cl2F3N3O3/c1-3-23(32,4-2)13-9-15(10-13)33-19-8-12(21(31)34)7-17(25(28,29)30)20(19)24(36,22(33)35)16-6-5-14(26)11-18(16)27/h5-8,11,13,15,36H,3-4,9-10,32H2,1-2H3,(H2,31,34). The number of hydrogen-bond acceptors (Lipinski definition) is 4. The van der Waals surface area contributed by atoms with Crippen LogP contribution in [-0.4, -0.2) is 28.5 Å². The van der Waals surface area contributed by atoms with Gasteiger partial charge in [0.1, 0.15) is 0 Å². The summed E-state index contributed by atoms with van der Waals surface area (Å²) in [6.45, 7) is 3.92. The van der Waals surface area contributed by atoms with Crippen molar-refractivity contribution in [3.8, 4) is 0 Å². The molecule has 1 heterocycles. The fourth-order valence-electron chi connectivity index (χ4n) is 5.44. The molecule has 0 saturated heterocycles. The molecule has 11 heteroatoms. The molecule has 2 aliphatic rings. The molecule has 1 aliphatic heterocycles. The van der Waals surface area contributed by atoms with E-state index in [0.29, 0.717) is 31.7 Å². The molecule has 2 amide bonds. The van der Waals surface area contributed by atoms with Gasteiger partial charge in [-0.05, 0) is 55.9 Å². The third-order valence-corrected chi connectivity index (χ3v) is 8.33. The number of anilines is 1. The molecule has 2 aromatic carbocycles. The van der Waals surface area contributed by atoms with E-state index in [-0.39, 0.29) is 27.2 Å². The predicted octanol–water partition coefficient (Wildman–Crippen LogP) is 4.99. The molecule has 4 rings (SSSR count). The summed E-state index contributed by atoms with van der Waals surface area (Å²) in [5.41, 5.74) is 5.67. The van der Waals surface area contributed by atoms with Gasteiger partial charge in [0.25, 0.3) is 5.91 Å². The fourth-order valence-corrected chi connectivity index (χ4v) is 5.99. The zero-order valence-electron chi connectivity index (χ0n) is 19.6. The second-order valence-electron chi connectivity index (χ2n) is 9.55. The van der Waals surface area contributed by atoms with Gasteiger partial charge < -0.3 is 21.5 Å². The van der Waals surface area contributed by atoms with Crippen LogP contribution < -0.4 is 16.4 Å². The molecule has 1 fully saturated rings. The number of alkyl halides is 3. The first-order valence-electron chi connectivity index (χ1n) is 11.5. The number of aliphatic hydroxyl groups is 1. The highest BCUT2D eigenvalue weighted by atomic mass is 35.5. The average Bonchev–Trinajstić information content (AvgIpc) is 2.99. The molecule has 36 heavy (non-hydrogen) atoms. The zero-order chi connectivity index (χ0) is 26.8. The van der Waals surface area contributed by atoms with Gasteiger partial charge in [-0.2, -0.15) is 13.2 Å². The summed E-state index contributed by atoms with van der Waals surface area (Å²) < 4.78 is 42.9. The number of carbonyl (C=O) groups excluding carboxylic acids is 2. The van der Waals surface area contributed by atoms with Crippen LogP contribution in [0.4, 0.5) is 18.9 Å². The van der Waals surface area contributed by atoms with E-state index in [9.17, 15) is 27.9 Å². The van der Waals surface area contributed by atoms with Gasteiger partial charge in [0, 0.05) is 38.3 Å². The first kappa shape index (κ1) is 26.7. The first-order valence-corrected chi connectivity index (χ1v) is 12.3. The molecule has 0 bridgehead atoms. The van der Waals surface area contributed by atoms with Gasteiger partial charge in [-0.25, -0.2) is 0 Å². The van der Waals surface area contributed by atoms with Crippen LogP contribution in [0.25, 0.3) is 0 Å². The monoisotopic (exact) mass is 543 g/mol. The number of fused-ring (bicyclic) bond motifs is 1. The van der Waals surface area contributed by atoms with Gasteiger partial charge >= 0.3 is 6.18 Å². The summed E-state index contributed by atoms with van der Waals surface area (Å²) in [4.78, 5) is 27.0. The molecule has 6 nitrogen and oxygen atoms in total. The Morgan fingerprint density at radius 2 is 1.78 bits per heavy atom. The Bertz CT molecular complexity index is 1240. The molecule has 1 atom stereocenters. The summed E-state index contributed by atoms with van der Waals surface area (Å²) in [6.07, 6.45) is -2.77. The summed E-state index contributed by atoms with van der Waals surface area (Å²) in [7, 11) is 0. The molecule has 2 aromatic rings. The highest BCUT2D eigenvalue weighted by Crippen LogP contribution is 2.55. The third kappa shape index (κ3) is 3.97. The number of primary amides is 1. The van der Waals surface area contributed by atoms with Crippen LogP contribution in [0.1, 0.15) is 66.6 Å². The molecule has 5 N–H and O–H groups in total. The quantitative estimate of drug-likeness (QED) is 0.476. The highest BCUT2D eigenvalue weighted by molar-refractivity contribution is 6.35. The molecular weight excluding hydrogens is 518 g/mol. The summed E-state index contributed by atoms with van der Waals surface area (Å²) in [6, 6.07) is 4.92. The number of nitrogens with zero attached hydrogens (tertiary/aromatic N) is 1. The molecule has 1 aliphatic carbocycles. The molecule has 1 unspecified atom stereocenters. The van der Waals surface area contributed by atoms with Gasteiger partial charge in [0.2, 0.25) is 5.91 Å². The van der Waals surface area contributed by atoms with Crippen LogP contribution in [0.3, 0.4) is 0 Å². The maximum atomic E-state index is 14.3. The van der Waals surface area contributed by atoms with Crippen LogP contribution in [0, 0.1) is 5.92 Å². The minimum absolute atomic E-state index is 0.0305. The van der Waals surface area contributed by atoms with Crippen molar-refractivity contribution in [3.05, 3.63) is 62.6 Å². The molecule has 1 saturated carbocycles. The van der Waals surface area contributed by atoms with Crippen LogP contribution in [0.15, 0.2) is 30.3 Å². The van der Waals surface area contributed by atoms with E-state index < -0.39 is 51.9 Å². The van der Waals surface area contributed by atoms with E-state index in [2.05, 4.69) is 0 Å². The predicted molar refractivity (Wildman–Crippen MR) is 131 cm³/mol. The van der Waals surface area contributed by atoms with Gasteiger partial charge in [0.15, 0.2) is 5.60 Å². The van der Waals surface area contributed by atoms with Crippen molar-refractivity contribution in [3.63, 3.8) is 0 Å². The van der Waals surface area contributed by atoms with Crippen molar-refractivity contribution in [2.75, 3.05) is 4.90 Å². The lowest BCUT2D eigenvalue weighted by molar-refractivity contribution is -0.142. The van der Waals surface area contributed by atoms with Crippen molar-refractivity contribution in [1.29, 1.82) is 0 Å². The maximum Gasteiger partial charge on any atom is 0.416 e. The fraction of sp³-hybridized carbons (Fsp3) is 0.440. The van der Waals surface area contributed by atoms with Crippen LogP contribution >= 0.6 is 23.2 Å². The lowest BCUT2D eigenvalue weighted by Gasteiger charge is -2.49. The topological polar surface area (TPSA) is 110 Å². The van der Waals surface area contributed by atoms with Crippen molar-refractivity contribution in [2.45, 2.75) is 62.9 Å². The van der Waals surface area contributed by atoms with Gasteiger partial charge in [-0.1, -0.05) is 43.1 Å². The number of hydrogen-bond donors (Lipinski definition) is 3. The smallest absolute Gasteiger partial charge is 0.372 e. The molecule has 194 valence electrons. The Kier molecular flexibility index (Phi) is 6.61. The Morgan fingerprint density at radius 1 is 1.17 bits per heavy atom. The van der Waals surface area contributed by atoms with E-state index in [0.717, 1.165) is 11.0 Å². The second-order valence-corrected chi connectivity index (χ2v) is 10.4. The van der Waals surface area contributed by atoms with Crippen molar-refractivity contribution in [1.82, 2.24) is 0 Å². The Hall–Kier alpha value is -2.33. The zero-order valence-corrected chi connectivity index (χ0v) is 21.1. The van der Waals surface area contributed by atoms with Gasteiger partial charge in [-0.3, -0.25) is 9.59 Å². The van der Waals surface area contributed by atoms with Crippen LogP contribution in [0.5, 0.6) is 0 Å². The van der Waals surface area contributed by atoms with Crippen molar-refractivity contribution in [2.24, 2.45) is 17.4 Å². The lowest BCUT2D eigenvalue weighted by Crippen LogP contribution is -2.58. The van der Waals surface area contributed by atoms with E-state index >= 15 is 0 Å². The molecule has 0 radical (unpaired) electrons. The van der Waals surface area contributed by atoms with E-state index in [1.165, 1.54) is 18.2 Å². The minimum Gasteiger partial charge on any atom is -0.372 e. The van der Waals surface area contributed by atoms with Crippen molar-refractivity contribution >= 4 is 40.7 Å². The maximum absolute atomic E-state index is 14.3. The van der Waals surface area contributed by atoms with Crippen LogP contribution in [0.2, 0.25) is 10.0 Å². The number of amides is 2. The minimum atomic E-state index is -5.02. The number of halogens is 5. The van der Waals surface area contributed by atoms with E-state index in [1.54, 1.807) is 0 Å². The summed E-state index contributed by atoms with van der Waals surface area (Å²) in [5.74, 6) is -2.06. The largest absolute Gasteiger partial charge is 0.416 e. The molecule has 0 aromatic heterocycles. The summed E-state index contributed by atoms with van der Waals surface area (Å²) in [5, 5.41) is 11.8. The number of carbonyl (C=O) groups is 2. The third-order valence-electron chi connectivity index (χ3n) is 7.79. The van der Waals surface area contributed by atoms with Crippen LogP contribution in [-0.2, 0) is 16.6 Å². The van der Waals surface area contributed by atoms with Gasteiger partial charge in [-0.15, -0.1) is 0 Å². The van der Waals surface area contributed by atoms with Crippen molar-refractivity contribution < 1.29 is 27.9 Å². The van der Waals surface area contributed by atoms with Gasteiger partial charge in [0.05, 0.1) is 11.3 Å². The lowest BCUT2D eigenvalue weighted by atomic mass is 9.65. The Balaban J connectivity index is 1.94. The highest BCUT2D eigenvalue weighted by Gasteiger charge is 2.59. The second kappa shape index (κ2) is 8.90. The number of nitrogens with two attached hydrogens (primary N) is 2. The number of rotatable bonds is 6. The van der Waals surface area contributed by atoms with E-state index in [4.69, 9.17) is 34.7 Å². The van der Waals surface area contributed by atoms with E-state index in [1.807, 2.05) is 13.8 Å². The normalized spacial score (nSPS) is 24.0. The Morgan fingerprint density at radius 3 is 2.28 bits per heavy atom.